The Balaban J connectivity index is 1.57. The van der Waals surface area contributed by atoms with E-state index in [1.54, 1.807) is 44.2 Å². The Kier molecular flexibility index (Phi) is 9.41. The lowest BCUT2D eigenvalue weighted by atomic mass is 10.0. The molecule has 0 fully saturated rings. The zero-order chi connectivity index (χ0) is 32.1. The summed E-state index contributed by atoms with van der Waals surface area (Å²) in [6, 6.07) is 15.7. The quantitative estimate of drug-likeness (QED) is 0.308. The molecule has 234 valence electrons. The van der Waals surface area contributed by atoms with Crippen LogP contribution in [0.5, 0.6) is 0 Å². The molecule has 2 aromatic carbocycles. The standard InChI is InChI=1S/C33H36N6O6/c1-19(2)15-24-32-37-26(18-44-32)29(41)34-20(3)31-38-28(21(4)45-31)30(42)36-25(22-11-7-5-8-12-22)16-39(17-27(40)35-24)33(43)23-13-9-6-10-14-23/h5-14,18-20,24-25H,15-17H2,1-4H3,(H,34,41)(H,35,40)(H,36,42)/t20-,24+,25+/m0/s1. The van der Waals surface area contributed by atoms with Crippen molar-refractivity contribution in [2.24, 2.45) is 5.92 Å². The van der Waals surface area contributed by atoms with Gasteiger partial charge in [-0.3, -0.25) is 19.2 Å². The largest absolute Gasteiger partial charge is 0.446 e. The number of nitrogens with one attached hydrogen (secondary N) is 3. The second-order valence-electron chi connectivity index (χ2n) is 11.5. The van der Waals surface area contributed by atoms with Crippen molar-refractivity contribution in [1.82, 2.24) is 30.8 Å². The summed E-state index contributed by atoms with van der Waals surface area (Å²) in [6.07, 6.45) is 1.69. The fraction of sp³-hybridized carbons (Fsp3) is 0.333. The van der Waals surface area contributed by atoms with Gasteiger partial charge < -0.3 is 29.7 Å². The van der Waals surface area contributed by atoms with Crippen LogP contribution in [0, 0.1) is 12.8 Å². The normalized spacial score (nSPS) is 19.7. The fourth-order valence-corrected chi connectivity index (χ4v) is 5.15. The number of benzene rings is 2. The van der Waals surface area contributed by atoms with Gasteiger partial charge in [-0.1, -0.05) is 62.4 Å². The molecule has 4 aromatic rings. The number of rotatable bonds is 4. The Bertz CT molecular complexity index is 1670. The third-order valence-corrected chi connectivity index (χ3v) is 7.39. The van der Waals surface area contributed by atoms with Crippen molar-refractivity contribution < 1.29 is 28.0 Å². The first-order valence-electron chi connectivity index (χ1n) is 14.8. The minimum Gasteiger partial charge on any atom is -0.446 e. The number of aromatic nitrogens is 2. The van der Waals surface area contributed by atoms with Crippen molar-refractivity contribution in [2.45, 2.75) is 52.2 Å². The monoisotopic (exact) mass is 612 g/mol. The van der Waals surface area contributed by atoms with Crippen molar-refractivity contribution in [3.05, 3.63) is 107 Å². The Morgan fingerprint density at radius 1 is 0.933 bits per heavy atom. The van der Waals surface area contributed by atoms with Gasteiger partial charge in [0.25, 0.3) is 17.7 Å². The third-order valence-electron chi connectivity index (χ3n) is 7.39. The third kappa shape index (κ3) is 7.46. The minimum absolute atomic E-state index is 0.00815. The van der Waals surface area contributed by atoms with Crippen LogP contribution in [0.25, 0.3) is 0 Å². The molecule has 1 aliphatic rings. The van der Waals surface area contributed by atoms with Crippen LogP contribution in [-0.4, -0.2) is 51.6 Å². The van der Waals surface area contributed by atoms with Gasteiger partial charge in [0.1, 0.15) is 24.1 Å². The highest BCUT2D eigenvalue weighted by Crippen LogP contribution is 2.24. The molecule has 0 spiro atoms. The molecular formula is C33H36N6O6. The highest BCUT2D eigenvalue weighted by atomic mass is 16.4. The first-order valence-corrected chi connectivity index (χ1v) is 14.8. The van der Waals surface area contributed by atoms with Crippen molar-refractivity contribution in [1.29, 1.82) is 0 Å². The van der Waals surface area contributed by atoms with Crippen LogP contribution in [0.4, 0.5) is 0 Å². The molecular weight excluding hydrogens is 576 g/mol. The van der Waals surface area contributed by atoms with Crippen LogP contribution in [0.3, 0.4) is 0 Å². The number of carbonyl (C=O) groups excluding carboxylic acids is 4. The Morgan fingerprint density at radius 2 is 1.62 bits per heavy atom. The van der Waals surface area contributed by atoms with Crippen molar-refractivity contribution >= 4 is 23.6 Å². The van der Waals surface area contributed by atoms with Crippen molar-refractivity contribution in [2.75, 3.05) is 13.1 Å². The van der Waals surface area contributed by atoms with E-state index in [9.17, 15) is 19.2 Å². The smallest absolute Gasteiger partial charge is 0.274 e. The predicted molar refractivity (Wildman–Crippen MR) is 163 cm³/mol. The van der Waals surface area contributed by atoms with E-state index in [-0.39, 0.29) is 53.8 Å². The maximum atomic E-state index is 13.8. The number of amides is 4. The second-order valence-corrected chi connectivity index (χ2v) is 11.5. The van der Waals surface area contributed by atoms with E-state index in [1.165, 1.54) is 11.2 Å². The molecule has 45 heavy (non-hydrogen) atoms. The van der Waals surface area contributed by atoms with E-state index >= 15 is 0 Å². The van der Waals surface area contributed by atoms with Gasteiger partial charge in [0, 0.05) is 12.1 Å². The summed E-state index contributed by atoms with van der Waals surface area (Å²) in [5, 5.41) is 8.70. The molecule has 12 nitrogen and oxygen atoms in total. The summed E-state index contributed by atoms with van der Waals surface area (Å²) < 4.78 is 11.4. The number of nitrogens with zero attached hydrogens (tertiary/aromatic N) is 3. The number of hydrogen-bond donors (Lipinski definition) is 3. The van der Waals surface area contributed by atoms with Gasteiger partial charge in [-0.15, -0.1) is 0 Å². The van der Waals surface area contributed by atoms with Crippen LogP contribution in [-0.2, 0) is 4.79 Å². The van der Waals surface area contributed by atoms with Gasteiger partial charge in [0.2, 0.25) is 17.7 Å². The summed E-state index contributed by atoms with van der Waals surface area (Å²) in [7, 11) is 0. The molecule has 0 unspecified atom stereocenters. The molecule has 3 heterocycles. The highest BCUT2D eigenvalue weighted by molar-refractivity contribution is 5.97. The van der Waals surface area contributed by atoms with Crippen LogP contribution >= 0.6 is 0 Å². The first kappa shape index (κ1) is 31.2. The minimum atomic E-state index is -0.713. The molecule has 3 atom stereocenters. The van der Waals surface area contributed by atoms with Crippen molar-refractivity contribution in [3.63, 3.8) is 0 Å². The van der Waals surface area contributed by atoms with Crippen LogP contribution < -0.4 is 16.0 Å². The number of fused-ring (bicyclic) bond motifs is 4. The van der Waals surface area contributed by atoms with Gasteiger partial charge in [-0.2, -0.15) is 0 Å². The SMILES string of the molecule is Cc1oc2nc1C(=O)N[C@@H](c1ccccc1)CN(C(=O)c1ccccc1)CC(=O)N[C@H](CC(C)C)c1nc(co1)C(=O)N[C@H]2C. The summed E-state index contributed by atoms with van der Waals surface area (Å²) in [5.41, 5.74) is 1.15. The van der Waals surface area contributed by atoms with Crippen molar-refractivity contribution in [3.8, 4) is 0 Å². The molecule has 4 bridgehead atoms. The second kappa shape index (κ2) is 13.6. The van der Waals surface area contributed by atoms with E-state index in [0.29, 0.717) is 12.0 Å². The molecule has 12 heteroatoms. The molecule has 2 aromatic heterocycles. The summed E-state index contributed by atoms with van der Waals surface area (Å²) in [6.45, 7) is 6.91. The number of aryl methyl sites for hydroxylation is 1. The molecule has 5 rings (SSSR count). The van der Waals surface area contributed by atoms with E-state index in [2.05, 4.69) is 25.9 Å². The predicted octanol–water partition coefficient (Wildman–Crippen LogP) is 4.29. The molecule has 0 saturated carbocycles. The fourth-order valence-electron chi connectivity index (χ4n) is 5.15. The number of carbonyl (C=O) groups is 4. The van der Waals surface area contributed by atoms with Gasteiger partial charge in [-0.05, 0) is 43.9 Å². The van der Waals surface area contributed by atoms with Gasteiger partial charge >= 0.3 is 0 Å². The topological polar surface area (TPSA) is 160 Å². The van der Waals surface area contributed by atoms with E-state index in [0.717, 1.165) is 5.56 Å². The summed E-state index contributed by atoms with van der Waals surface area (Å²) in [5.74, 6) is -1.23. The van der Waals surface area contributed by atoms with Crippen LogP contribution in [0.1, 0.15) is 99.8 Å². The molecule has 1 aliphatic heterocycles. The maximum Gasteiger partial charge on any atom is 0.274 e. The lowest BCUT2D eigenvalue weighted by Crippen LogP contribution is -2.46. The average molecular weight is 613 g/mol. The highest BCUT2D eigenvalue weighted by Gasteiger charge is 2.30. The van der Waals surface area contributed by atoms with E-state index in [4.69, 9.17) is 8.83 Å². The van der Waals surface area contributed by atoms with E-state index < -0.39 is 35.8 Å². The van der Waals surface area contributed by atoms with Crippen LogP contribution in [0.15, 0.2) is 75.8 Å². The molecule has 0 aliphatic carbocycles. The average Bonchev–Trinajstić information content (AvgIpc) is 3.67. The number of hydrogen-bond acceptors (Lipinski definition) is 8. The first-order chi connectivity index (χ1) is 21.6. The zero-order valence-corrected chi connectivity index (χ0v) is 25.6. The lowest BCUT2D eigenvalue weighted by molar-refractivity contribution is -0.122. The summed E-state index contributed by atoms with van der Waals surface area (Å²) in [4.78, 5) is 64.3. The lowest BCUT2D eigenvalue weighted by Gasteiger charge is -2.29. The molecule has 3 N–H and O–H groups in total. The maximum absolute atomic E-state index is 13.8. The molecule has 0 saturated heterocycles. The Morgan fingerprint density at radius 3 is 2.31 bits per heavy atom. The molecule has 4 amide bonds. The Hall–Kier alpha value is -5.26. The summed E-state index contributed by atoms with van der Waals surface area (Å²) >= 11 is 0. The van der Waals surface area contributed by atoms with Gasteiger partial charge in [-0.25, -0.2) is 9.97 Å². The van der Waals surface area contributed by atoms with Gasteiger partial charge in [0.05, 0.1) is 12.6 Å². The Labute approximate surface area is 260 Å². The zero-order valence-electron chi connectivity index (χ0n) is 25.6. The van der Waals surface area contributed by atoms with E-state index in [1.807, 2.05) is 44.2 Å². The number of oxazole rings is 2. The van der Waals surface area contributed by atoms with Crippen LogP contribution in [0.2, 0.25) is 0 Å². The van der Waals surface area contributed by atoms with Gasteiger partial charge in [0.15, 0.2) is 11.4 Å². The molecule has 0 radical (unpaired) electrons.